The van der Waals surface area contributed by atoms with Crippen LogP contribution in [0.4, 0.5) is 23.8 Å². The van der Waals surface area contributed by atoms with Crippen LogP contribution in [0.2, 0.25) is 0 Å². The van der Waals surface area contributed by atoms with E-state index in [0.717, 1.165) is 0 Å². The van der Waals surface area contributed by atoms with Gasteiger partial charge in [0.2, 0.25) is 0 Å². The van der Waals surface area contributed by atoms with E-state index in [9.17, 15) is 13.6 Å². The summed E-state index contributed by atoms with van der Waals surface area (Å²) in [5.41, 5.74) is 0.842. The van der Waals surface area contributed by atoms with Crippen molar-refractivity contribution in [3.05, 3.63) is 65.0 Å². The zero-order valence-electron chi connectivity index (χ0n) is 22.2. The first-order chi connectivity index (χ1) is 19.0. The molecule has 9 nitrogen and oxygen atoms in total. The molecule has 0 N–H and O–H groups in total. The number of carbonyl (C=O) groups is 1. The van der Waals surface area contributed by atoms with Gasteiger partial charge >= 0.3 is 6.09 Å². The molecule has 5 heterocycles. The Balaban J connectivity index is 1.61. The minimum absolute atomic E-state index is 0.0829. The lowest BCUT2D eigenvalue weighted by Crippen LogP contribution is -2.38. The van der Waals surface area contributed by atoms with Gasteiger partial charge in [-0.1, -0.05) is 0 Å². The molecule has 208 valence electrons. The Morgan fingerprint density at radius 3 is 2.60 bits per heavy atom. The summed E-state index contributed by atoms with van der Waals surface area (Å²) in [7, 11) is 0. The molecule has 0 bridgehead atoms. The molecule has 0 unspecified atom stereocenters. The molecule has 0 spiro atoms. The molecule has 0 fully saturated rings. The van der Waals surface area contributed by atoms with E-state index in [1.165, 1.54) is 40.0 Å². The number of hydrogen-bond donors (Lipinski definition) is 0. The van der Waals surface area contributed by atoms with Gasteiger partial charge in [0.25, 0.3) is 6.43 Å². The van der Waals surface area contributed by atoms with Gasteiger partial charge in [0, 0.05) is 39.7 Å². The lowest BCUT2D eigenvalue weighted by atomic mass is 9.95. The zero-order valence-corrected chi connectivity index (χ0v) is 22.2. The standard InChI is InChI=1S/C28H26F3N5O4/c1-14-7-16(24(30)31)18(9-32-14)17-8-22-26(36-13-33-34-25(17)36)35(27(37)40-28(2,3)4)10-19-20(29)5-6-21-23(19)15(11-38-21)12-39-22/h5-9,13,15,24H,10-12H2,1-4H3/t15-/m1/s1. The van der Waals surface area contributed by atoms with Crippen LogP contribution in [0.1, 0.15) is 55.5 Å². The summed E-state index contributed by atoms with van der Waals surface area (Å²) in [4.78, 5) is 19.2. The molecule has 0 aliphatic carbocycles. The number of aromatic nitrogens is 4. The van der Waals surface area contributed by atoms with Crippen molar-refractivity contribution in [2.45, 2.75) is 52.2 Å². The Morgan fingerprint density at radius 1 is 1.12 bits per heavy atom. The summed E-state index contributed by atoms with van der Waals surface area (Å²) in [5.74, 6) is 0.0350. The number of alkyl halides is 2. The molecule has 0 saturated heterocycles. The number of fused-ring (bicyclic) bond motifs is 3. The molecule has 40 heavy (non-hydrogen) atoms. The Kier molecular flexibility index (Phi) is 6.08. The largest absolute Gasteiger partial charge is 0.493 e. The highest BCUT2D eigenvalue weighted by Crippen LogP contribution is 2.44. The number of halogens is 3. The van der Waals surface area contributed by atoms with Crippen molar-refractivity contribution in [2.24, 2.45) is 0 Å². The third kappa shape index (κ3) is 4.37. The fourth-order valence-corrected chi connectivity index (χ4v) is 5.15. The number of aryl methyl sites for hydroxylation is 1. The molecule has 4 aromatic rings. The van der Waals surface area contributed by atoms with Crippen LogP contribution in [0.15, 0.2) is 36.8 Å². The molecule has 12 heteroatoms. The van der Waals surface area contributed by atoms with E-state index in [1.54, 1.807) is 33.8 Å². The molecule has 1 amide bonds. The number of rotatable bonds is 2. The smallest absolute Gasteiger partial charge is 0.416 e. The van der Waals surface area contributed by atoms with Crippen LogP contribution >= 0.6 is 0 Å². The highest BCUT2D eigenvalue weighted by atomic mass is 19.3. The van der Waals surface area contributed by atoms with Crippen LogP contribution in [0.5, 0.6) is 11.5 Å². The number of amides is 1. The maximum atomic E-state index is 15.4. The Labute approximate surface area is 227 Å². The number of benzene rings is 1. The third-order valence-electron chi connectivity index (χ3n) is 6.84. The number of anilines is 1. The Bertz CT molecular complexity index is 1650. The molecule has 2 aliphatic heterocycles. The van der Waals surface area contributed by atoms with Crippen LogP contribution in [-0.2, 0) is 11.3 Å². The van der Waals surface area contributed by atoms with E-state index < -0.39 is 23.9 Å². The van der Waals surface area contributed by atoms with Crippen LogP contribution < -0.4 is 14.4 Å². The van der Waals surface area contributed by atoms with Crippen molar-refractivity contribution in [3.63, 3.8) is 0 Å². The minimum atomic E-state index is -2.78. The fraction of sp³-hybridized carbons (Fsp3) is 0.357. The van der Waals surface area contributed by atoms with Gasteiger partial charge in [0.1, 0.15) is 23.5 Å². The predicted molar refractivity (Wildman–Crippen MR) is 138 cm³/mol. The molecule has 0 saturated carbocycles. The summed E-state index contributed by atoms with van der Waals surface area (Å²) in [6, 6.07) is 5.72. The van der Waals surface area contributed by atoms with Crippen molar-refractivity contribution < 1.29 is 32.2 Å². The van der Waals surface area contributed by atoms with Crippen molar-refractivity contribution >= 4 is 17.6 Å². The second-order valence-electron chi connectivity index (χ2n) is 10.8. The first kappa shape index (κ1) is 25.9. The summed E-state index contributed by atoms with van der Waals surface area (Å²) in [5, 5.41) is 8.20. The van der Waals surface area contributed by atoms with E-state index in [1.807, 2.05) is 0 Å². The van der Waals surface area contributed by atoms with Gasteiger partial charge in [0.15, 0.2) is 17.2 Å². The zero-order chi connectivity index (χ0) is 28.3. The van der Waals surface area contributed by atoms with Gasteiger partial charge in [-0.3, -0.25) is 14.3 Å². The molecule has 6 rings (SSSR count). The minimum Gasteiger partial charge on any atom is -0.493 e. The second-order valence-corrected chi connectivity index (χ2v) is 10.8. The number of carbonyl (C=O) groups excluding carboxylic acids is 1. The van der Waals surface area contributed by atoms with Gasteiger partial charge in [-0.15, -0.1) is 10.2 Å². The van der Waals surface area contributed by atoms with E-state index in [4.69, 9.17) is 14.2 Å². The number of hydrogen-bond acceptors (Lipinski definition) is 7. The third-order valence-corrected chi connectivity index (χ3v) is 6.84. The molecule has 1 atom stereocenters. The monoisotopic (exact) mass is 553 g/mol. The molecular weight excluding hydrogens is 527 g/mol. The van der Waals surface area contributed by atoms with Crippen LogP contribution in [-0.4, -0.2) is 44.5 Å². The quantitative estimate of drug-likeness (QED) is 0.301. The number of pyridine rings is 2. The van der Waals surface area contributed by atoms with Crippen molar-refractivity contribution in [1.29, 1.82) is 0 Å². The van der Waals surface area contributed by atoms with Crippen molar-refractivity contribution in [3.8, 4) is 22.6 Å². The molecule has 0 radical (unpaired) electrons. The van der Waals surface area contributed by atoms with Gasteiger partial charge < -0.3 is 14.2 Å². The molecule has 3 aromatic heterocycles. The van der Waals surface area contributed by atoms with Gasteiger partial charge in [-0.05, 0) is 52.0 Å². The van der Waals surface area contributed by atoms with Gasteiger partial charge in [-0.25, -0.2) is 18.0 Å². The predicted octanol–water partition coefficient (Wildman–Crippen LogP) is 5.99. The maximum absolute atomic E-state index is 15.4. The van der Waals surface area contributed by atoms with Crippen molar-refractivity contribution in [2.75, 3.05) is 18.1 Å². The van der Waals surface area contributed by atoms with E-state index in [0.29, 0.717) is 17.0 Å². The fourth-order valence-electron chi connectivity index (χ4n) is 5.15. The van der Waals surface area contributed by atoms with E-state index in [-0.39, 0.29) is 65.1 Å². The lowest BCUT2D eigenvalue weighted by Gasteiger charge is -2.29. The van der Waals surface area contributed by atoms with Gasteiger partial charge in [0.05, 0.1) is 25.7 Å². The Hall–Kier alpha value is -4.35. The SMILES string of the molecule is Cc1cc(C(F)F)c(-c2cc3c(n4cnnc24)N(C(=O)OC(C)(C)C)Cc2c(F)ccc4c2[C@H](CO4)CO3)cn1. The highest BCUT2D eigenvalue weighted by Gasteiger charge is 2.37. The van der Waals surface area contributed by atoms with Crippen LogP contribution in [0.3, 0.4) is 0 Å². The summed E-state index contributed by atoms with van der Waals surface area (Å²) >= 11 is 0. The first-order valence-electron chi connectivity index (χ1n) is 12.7. The maximum Gasteiger partial charge on any atom is 0.416 e. The normalized spacial score (nSPS) is 16.5. The van der Waals surface area contributed by atoms with E-state index in [2.05, 4.69) is 15.2 Å². The Morgan fingerprint density at radius 2 is 1.88 bits per heavy atom. The molecule has 2 aliphatic rings. The first-order valence-corrected chi connectivity index (χ1v) is 12.7. The topological polar surface area (TPSA) is 91.1 Å². The average molecular weight is 554 g/mol. The average Bonchev–Trinajstić information content (AvgIpc) is 3.54. The van der Waals surface area contributed by atoms with Gasteiger partial charge in [-0.2, -0.15) is 0 Å². The van der Waals surface area contributed by atoms with Crippen LogP contribution in [0, 0.1) is 12.7 Å². The van der Waals surface area contributed by atoms with Crippen LogP contribution in [0.25, 0.3) is 16.8 Å². The molecular formula is C28H26F3N5O4. The number of ether oxygens (including phenoxy) is 3. The lowest BCUT2D eigenvalue weighted by molar-refractivity contribution is 0.0574. The van der Waals surface area contributed by atoms with E-state index >= 15 is 4.39 Å². The summed E-state index contributed by atoms with van der Waals surface area (Å²) < 4.78 is 62.9. The van der Waals surface area contributed by atoms with Crippen molar-refractivity contribution in [1.82, 2.24) is 19.6 Å². The summed E-state index contributed by atoms with van der Waals surface area (Å²) in [6.07, 6.45) is -0.841. The highest BCUT2D eigenvalue weighted by molar-refractivity contribution is 5.92. The second kappa shape index (κ2) is 9.39. The molecule has 1 aromatic carbocycles. The summed E-state index contributed by atoms with van der Waals surface area (Å²) in [6.45, 7) is 6.92. The number of nitrogens with zero attached hydrogens (tertiary/aromatic N) is 5.